The molecule has 6 heteroatoms. The largest absolute Gasteiger partial charge is 0.454 e. The van der Waals surface area contributed by atoms with Gasteiger partial charge in [0.05, 0.1) is 5.56 Å². The zero-order valence-electron chi connectivity index (χ0n) is 13.2. The van der Waals surface area contributed by atoms with Gasteiger partial charge in [0.25, 0.3) is 6.02 Å². The smallest absolute Gasteiger partial charge is 0.284 e. The molecule has 3 aromatic rings. The van der Waals surface area contributed by atoms with Crippen LogP contribution in [0.25, 0.3) is 0 Å². The lowest BCUT2D eigenvalue weighted by Gasteiger charge is -2.37. The van der Waals surface area contributed by atoms with Gasteiger partial charge in [-0.05, 0) is 24.3 Å². The van der Waals surface area contributed by atoms with E-state index < -0.39 is 11.6 Å². The molecule has 2 unspecified atom stereocenters. The fourth-order valence-corrected chi connectivity index (χ4v) is 3.59. The second-order valence-electron chi connectivity index (χ2n) is 5.96. The lowest BCUT2D eigenvalue weighted by atomic mass is 9.75. The Bertz CT molecular complexity index is 942. The summed E-state index contributed by atoms with van der Waals surface area (Å²) >= 11 is 0. The van der Waals surface area contributed by atoms with Gasteiger partial charge >= 0.3 is 0 Å². The zero-order chi connectivity index (χ0) is 16.9. The summed E-state index contributed by atoms with van der Waals surface area (Å²) in [5.41, 5.74) is 7.78. The average molecular weight is 330 g/mol. The summed E-state index contributed by atoms with van der Waals surface area (Å²) < 4.78 is 12.0. The van der Waals surface area contributed by atoms with E-state index in [-0.39, 0.29) is 6.02 Å². The van der Waals surface area contributed by atoms with Crippen molar-refractivity contribution in [1.82, 2.24) is 9.97 Å². The SMILES string of the molecule is NC1=NC2(c3ccccc3Oc3ncccc32)C(c2cccnc2)O1. The Morgan fingerprint density at radius 3 is 2.68 bits per heavy atom. The Balaban J connectivity index is 1.84. The molecule has 0 amide bonds. The van der Waals surface area contributed by atoms with Gasteiger partial charge in [0.1, 0.15) is 5.75 Å². The van der Waals surface area contributed by atoms with Crippen molar-refractivity contribution in [3.05, 3.63) is 83.8 Å². The average Bonchev–Trinajstić information content (AvgIpc) is 3.01. The molecule has 25 heavy (non-hydrogen) atoms. The number of nitrogens with zero attached hydrogens (tertiary/aromatic N) is 3. The monoisotopic (exact) mass is 330 g/mol. The third-order valence-corrected chi connectivity index (χ3v) is 4.58. The summed E-state index contributed by atoms with van der Waals surface area (Å²) in [6.45, 7) is 0. The van der Waals surface area contributed by atoms with E-state index in [4.69, 9.17) is 20.2 Å². The van der Waals surface area contributed by atoms with Crippen LogP contribution in [0.15, 0.2) is 72.1 Å². The van der Waals surface area contributed by atoms with Crippen LogP contribution in [0.4, 0.5) is 0 Å². The van der Waals surface area contributed by atoms with E-state index in [0.29, 0.717) is 11.6 Å². The van der Waals surface area contributed by atoms with Crippen molar-refractivity contribution in [2.75, 3.05) is 0 Å². The normalized spacial score (nSPS) is 23.2. The molecule has 2 aromatic heterocycles. The first kappa shape index (κ1) is 14.0. The van der Waals surface area contributed by atoms with Crippen LogP contribution in [0.5, 0.6) is 11.6 Å². The highest BCUT2D eigenvalue weighted by atomic mass is 16.5. The summed E-state index contributed by atoms with van der Waals surface area (Å²) in [4.78, 5) is 13.4. The van der Waals surface area contributed by atoms with E-state index in [9.17, 15) is 0 Å². The Hall–Kier alpha value is -3.41. The lowest BCUT2D eigenvalue weighted by Crippen LogP contribution is -2.34. The van der Waals surface area contributed by atoms with Crippen molar-refractivity contribution in [3.8, 4) is 11.6 Å². The summed E-state index contributed by atoms with van der Waals surface area (Å²) in [5, 5.41) is 0. The third kappa shape index (κ3) is 1.88. The van der Waals surface area contributed by atoms with E-state index in [1.54, 1.807) is 18.6 Å². The predicted molar refractivity (Wildman–Crippen MR) is 91.2 cm³/mol. The zero-order valence-corrected chi connectivity index (χ0v) is 13.2. The molecular formula is C19H14N4O2. The minimum absolute atomic E-state index is 0.139. The first-order chi connectivity index (χ1) is 12.3. The van der Waals surface area contributed by atoms with Crippen LogP contribution in [0, 0.1) is 0 Å². The summed E-state index contributed by atoms with van der Waals surface area (Å²) in [7, 11) is 0. The second kappa shape index (κ2) is 5.04. The molecule has 1 spiro atoms. The summed E-state index contributed by atoms with van der Waals surface area (Å²) in [5.74, 6) is 1.21. The molecule has 1 aromatic carbocycles. The Morgan fingerprint density at radius 1 is 0.960 bits per heavy atom. The molecule has 6 nitrogen and oxygen atoms in total. The number of benzene rings is 1. The third-order valence-electron chi connectivity index (χ3n) is 4.58. The van der Waals surface area contributed by atoms with E-state index in [1.807, 2.05) is 48.5 Å². The molecule has 122 valence electrons. The number of para-hydroxylation sites is 1. The van der Waals surface area contributed by atoms with Gasteiger partial charge in [-0.3, -0.25) is 4.98 Å². The molecular weight excluding hydrogens is 316 g/mol. The Morgan fingerprint density at radius 2 is 1.80 bits per heavy atom. The number of aliphatic imine (C=N–C) groups is 1. The first-order valence-electron chi connectivity index (χ1n) is 7.94. The quantitative estimate of drug-likeness (QED) is 0.742. The molecule has 0 bridgehead atoms. The van der Waals surface area contributed by atoms with Crippen molar-refractivity contribution in [2.24, 2.45) is 10.7 Å². The number of hydrogen-bond acceptors (Lipinski definition) is 6. The minimum atomic E-state index is -0.856. The van der Waals surface area contributed by atoms with Gasteiger partial charge in [-0.15, -0.1) is 0 Å². The maximum atomic E-state index is 6.03. The van der Waals surface area contributed by atoms with Gasteiger partial charge in [-0.2, -0.15) is 0 Å². The molecule has 0 saturated carbocycles. The Labute approximate surface area is 144 Å². The van der Waals surface area contributed by atoms with E-state index >= 15 is 0 Å². The maximum Gasteiger partial charge on any atom is 0.284 e. The highest BCUT2D eigenvalue weighted by Gasteiger charge is 2.54. The number of hydrogen-bond donors (Lipinski definition) is 1. The van der Waals surface area contributed by atoms with E-state index in [2.05, 4.69) is 9.97 Å². The molecule has 4 heterocycles. The van der Waals surface area contributed by atoms with E-state index in [1.165, 1.54) is 0 Å². The minimum Gasteiger partial charge on any atom is -0.454 e. The molecule has 2 aliphatic rings. The van der Waals surface area contributed by atoms with Gasteiger partial charge in [0, 0.05) is 29.7 Å². The van der Waals surface area contributed by atoms with E-state index in [0.717, 1.165) is 16.7 Å². The van der Waals surface area contributed by atoms with Gasteiger partial charge in [0.2, 0.25) is 5.88 Å². The summed E-state index contributed by atoms with van der Waals surface area (Å²) in [6.07, 6.45) is 4.74. The van der Waals surface area contributed by atoms with Crippen LogP contribution < -0.4 is 10.5 Å². The van der Waals surface area contributed by atoms with Crippen LogP contribution in [0.2, 0.25) is 0 Å². The van der Waals surface area contributed by atoms with Crippen LogP contribution in [0.3, 0.4) is 0 Å². The molecule has 0 aliphatic carbocycles. The van der Waals surface area contributed by atoms with Gasteiger partial charge in [0.15, 0.2) is 11.6 Å². The first-order valence-corrected chi connectivity index (χ1v) is 7.94. The second-order valence-corrected chi connectivity index (χ2v) is 5.96. The number of pyridine rings is 2. The van der Waals surface area contributed by atoms with Crippen molar-refractivity contribution in [2.45, 2.75) is 11.6 Å². The van der Waals surface area contributed by atoms with Crippen molar-refractivity contribution in [3.63, 3.8) is 0 Å². The molecule has 2 aliphatic heterocycles. The fraction of sp³-hybridized carbons (Fsp3) is 0.105. The number of amidine groups is 1. The lowest BCUT2D eigenvalue weighted by molar-refractivity contribution is 0.148. The van der Waals surface area contributed by atoms with Gasteiger partial charge in [-0.25, -0.2) is 9.98 Å². The molecule has 5 rings (SSSR count). The number of aromatic nitrogens is 2. The maximum absolute atomic E-state index is 6.03. The highest BCUT2D eigenvalue weighted by molar-refractivity contribution is 5.77. The highest BCUT2D eigenvalue weighted by Crippen LogP contribution is 2.57. The molecule has 2 atom stereocenters. The standard InChI is InChI=1S/C19H14N4O2/c20-18-23-19(16(25-18)12-5-3-9-21-11-12)13-6-1-2-8-15(13)24-17-14(19)7-4-10-22-17/h1-11,16H,(H2,20,23). The number of ether oxygens (including phenoxy) is 2. The van der Waals surface area contributed by atoms with Crippen LogP contribution in [0.1, 0.15) is 22.8 Å². The van der Waals surface area contributed by atoms with Crippen LogP contribution >= 0.6 is 0 Å². The molecule has 0 radical (unpaired) electrons. The van der Waals surface area contributed by atoms with Crippen molar-refractivity contribution < 1.29 is 9.47 Å². The van der Waals surface area contributed by atoms with Crippen LogP contribution in [-0.2, 0) is 10.3 Å². The summed E-state index contributed by atoms with van der Waals surface area (Å²) in [6, 6.07) is 15.5. The number of rotatable bonds is 1. The van der Waals surface area contributed by atoms with Crippen LogP contribution in [-0.4, -0.2) is 16.0 Å². The molecule has 0 saturated heterocycles. The molecule has 0 fully saturated rings. The fourth-order valence-electron chi connectivity index (χ4n) is 3.59. The van der Waals surface area contributed by atoms with Gasteiger partial charge in [-0.1, -0.05) is 24.3 Å². The van der Waals surface area contributed by atoms with Crippen molar-refractivity contribution in [1.29, 1.82) is 0 Å². The number of nitrogens with two attached hydrogens (primary N) is 1. The van der Waals surface area contributed by atoms with Gasteiger partial charge < -0.3 is 15.2 Å². The molecule has 2 N–H and O–H groups in total. The predicted octanol–water partition coefficient (Wildman–Crippen LogP) is 2.91. The van der Waals surface area contributed by atoms with Crippen molar-refractivity contribution >= 4 is 6.02 Å². The number of fused-ring (bicyclic) bond motifs is 4. The topological polar surface area (TPSA) is 82.6 Å². The Kier molecular flexibility index (Phi) is 2.82.